The Morgan fingerprint density at radius 3 is 2.37 bits per heavy atom. The number of carbonyl (C=O) groups is 2. The number of likely N-dealkylation sites (tertiary alicyclic amines) is 1. The Balaban J connectivity index is 1.56. The molecule has 0 unspecified atom stereocenters. The van der Waals surface area contributed by atoms with Gasteiger partial charge in [-0.15, -0.1) is 0 Å². The number of nitrogens with one attached hydrogen (secondary N) is 1. The summed E-state index contributed by atoms with van der Waals surface area (Å²) < 4.78 is 5.23. The van der Waals surface area contributed by atoms with Crippen molar-refractivity contribution in [3.63, 3.8) is 0 Å². The van der Waals surface area contributed by atoms with Gasteiger partial charge in [-0.3, -0.25) is 9.59 Å². The van der Waals surface area contributed by atoms with E-state index >= 15 is 0 Å². The van der Waals surface area contributed by atoms with Crippen molar-refractivity contribution in [2.75, 3.05) is 13.1 Å². The first-order valence-electron chi connectivity index (χ1n) is 9.38. The second-order valence-corrected chi connectivity index (χ2v) is 8.23. The van der Waals surface area contributed by atoms with Crippen molar-refractivity contribution in [3.05, 3.63) is 41.7 Å². The number of carbonyl (C=O) groups excluding carboxylic acids is 2. The molecule has 1 aromatic carbocycles. The molecular weight excluding hydrogens is 342 g/mol. The van der Waals surface area contributed by atoms with E-state index in [0.29, 0.717) is 18.8 Å². The van der Waals surface area contributed by atoms with Crippen molar-refractivity contribution in [3.8, 4) is 11.3 Å². The van der Waals surface area contributed by atoms with Crippen LogP contribution in [0.15, 0.2) is 34.9 Å². The van der Waals surface area contributed by atoms with Crippen LogP contribution in [0, 0.1) is 12.3 Å². The number of benzene rings is 1. The zero-order chi connectivity index (χ0) is 19.6. The Kier molecular flexibility index (Phi) is 5.35. The van der Waals surface area contributed by atoms with Gasteiger partial charge in [-0.25, -0.2) is 0 Å². The summed E-state index contributed by atoms with van der Waals surface area (Å²) in [7, 11) is 0. The molecule has 6 nitrogen and oxygen atoms in total. The van der Waals surface area contributed by atoms with E-state index in [1.807, 2.05) is 56.9 Å². The molecule has 6 heteroatoms. The van der Waals surface area contributed by atoms with E-state index in [4.69, 9.17) is 4.52 Å². The largest absolute Gasteiger partial charge is 0.350 e. The average Bonchev–Trinajstić information content (AvgIpc) is 3.12. The number of aromatic nitrogens is 1. The third-order valence-electron chi connectivity index (χ3n) is 4.84. The van der Waals surface area contributed by atoms with Crippen molar-refractivity contribution in [2.24, 2.45) is 5.41 Å². The minimum Gasteiger partial charge on any atom is -0.350 e. The molecule has 1 aliphatic heterocycles. The summed E-state index contributed by atoms with van der Waals surface area (Å²) in [6, 6.07) is 9.60. The minimum atomic E-state index is -0.373. The van der Waals surface area contributed by atoms with Crippen molar-refractivity contribution in [1.82, 2.24) is 15.4 Å². The van der Waals surface area contributed by atoms with Crippen LogP contribution < -0.4 is 5.32 Å². The molecule has 2 aromatic rings. The number of aryl methyl sites for hydroxylation is 1. The molecule has 1 saturated heterocycles. The smallest absolute Gasteiger partial charge is 0.290 e. The number of hydrogen-bond donors (Lipinski definition) is 1. The fraction of sp³-hybridized carbons (Fsp3) is 0.476. The highest BCUT2D eigenvalue weighted by atomic mass is 16.5. The SMILES string of the molecule is Cc1ccc(-c2cc(C(=O)NC3CCN(C(=O)C(C)(C)C)CC3)on2)cc1. The van der Waals surface area contributed by atoms with Crippen molar-refractivity contribution >= 4 is 11.8 Å². The Morgan fingerprint density at radius 1 is 1.15 bits per heavy atom. The standard InChI is InChI=1S/C21H27N3O3/c1-14-5-7-15(8-6-14)17-13-18(27-23-17)19(25)22-16-9-11-24(12-10-16)20(26)21(2,3)4/h5-8,13,16H,9-12H2,1-4H3,(H,22,25). The van der Waals surface area contributed by atoms with Crippen molar-refractivity contribution in [2.45, 2.75) is 46.6 Å². The minimum absolute atomic E-state index is 0.0365. The van der Waals surface area contributed by atoms with Crippen LogP contribution >= 0.6 is 0 Å². The molecule has 0 bridgehead atoms. The molecule has 3 rings (SSSR count). The summed E-state index contributed by atoms with van der Waals surface area (Å²) in [4.78, 5) is 26.7. The van der Waals surface area contributed by atoms with E-state index < -0.39 is 0 Å². The summed E-state index contributed by atoms with van der Waals surface area (Å²) in [5.74, 6) is 0.102. The average molecular weight is 369 g/mol. The maximum absolute atomic E-state index is 12.5. The second-order valence-electron chi connectivity index (χ2n) is 8.23. The topological polar surface area (TPSA) is 75.4 Å². The molecular formula is C21H27N3O3. The summed E-state index contributed by atoms with van der Waals surface area (Å²) >= 11 is 0. The van der Waals surface area contributed by atoms with Crippen LogP contribution in [0.3, 0.4) is 0 Å². The molecule has 27 heavy (non-hydrogen) atoms. The van der Waals surface area contributed by atoms with Gasteiger partial charge < -0.3 is 14.7 Å². The zero-order valence-electron chi connectivity index (χ0n) is 16.4. The Hall–Kier alpha value is -2.63. The van der Waals surface area contributed by atoms with Crippen molar-refractivity contribution in [1.29, 1.82) is 0 Å². The molecule has 0 spiro atoms. The van der Waals surface area contributed by atoms with Crippen molar-refractivity contribution < 1.29 is 14.1 Å². The van der Waals surface area contributed by atoms with E-state index in [-0.39, 0.29) is 29.0 Å². The van der Waals surface area contributed by atoms with E-state index in [1.54, 1.807) is 6.07 Å². The van der Waals surface area contributed by atoms with E-state index in [1.165, 1.54) is 0 Å². The number of amides is 2. The molecule has 2 heterocycles. The number of nitrogens with zero attached hydrogens (tertiary/aromatic N) is 2. The normalized spacial score (nSPS) is 15.6. The lowest BCUT2D eigenvalue weighted by atomic mass is 9.93. The van der Waals surface area contributed by atoms with Gasteiger partial charge in [-0.05, 0) is 19.8 Å². The first-order valence-corrected chi connectivity index (χ1v) is 9.38. The summed E-state index contributed by atoms with van der Waals surface area (Å²) in [6.45, 7) is 9.13. The molecule has 0 radical (unpaired) electrons. The van der Waals surface area contributed by atoms with E-state index in [0.717, 1.165) is 24.0 Å². The first kappa shape index (κ1) is 19.1. The zero-order valence-corrected chi connectivity index (χ0v) is 16.4. The molecule has 0 aliphatic carbocycles. The van der Waals surface area contributed by atoms with E-state index in [2.05, 4.69) is 10.5 Å². The van der Waals surface area contributed by atoms with Crippen LogP contribution in [0.25, 0.3) is 11.3 Å². The number of rotatable bonds is 3. The van der Waals surface area contributed by atoms with Gasteiger partial charge in [-0.1, -0.05) is 55.8 Å². The maximum Gasteiger partial charge on any atom is 0.290 e. The molecule has 144 valence electrons. The van der Waals surface area contributed by atoms with E-state index in [9.17, 15) is 9.59 Å². The van der Waals surface area contributed by atoms with Gasteiger partial charge >= 0.3 is 0 Å². The fourth-order valence-corrected chi connectivity index (χ4v) is 3.20. The molecule has 1 N–H and O–H groups in total. The Morgan fingerprint density at radius 2 is 1.78 bits per heavy atom. The first-order chi connectivity index (χ1) is 12.7. The molecule has 2 amide bonds. The van der Waals surface area contributed by atoms with Gasteiger partial charge in [0.25, 0.3) is 5.91 Å². The lowest BCUT2D eigenvalue weighted by Gasteiger charge is -2.35. The lowest BCUT2D eigenvalue weighted by Crippen LogP contribution is -2.49. The molecule has 0 saturated carbocycles. The third kappa shape index (κ3) is 4.56. The van der Waals surface area contributed by atoms with Gasteiger partial charge in [0, 0.05) is 36.2 Å². The van der Waals surface area contributed by atoms with Crippen LogP contribution in [-0.4, -0.2) is 41.0 Å². The summed E-state index contributed by atoms with van der Waals surface area (Å²) in [5.41, 5.74) is 2.35. The van der Waals surface area contributed by atoms with Crippen LogP contribution in [0.1, 0.15) is 49.7 Å². The monoisotopic (exact) mass is 369 g/mol. The molecule has 1 aliphatic rings. The van der Waals surface area contributed by atoms with Gasteiger partial charge in [-0.2, -0.15) is 0 Å². The van der Waals surface area contributed by atoms with Gasteiger partial charge in [0.1, 0.15) is 5.69 Å². The second kappa shape index (κ2) is 7.55. The summed E-state index contributed by atoms with van der Waals surface area (Å²) in [5, 5.41) is 7.00. The van der Waals surface area contributed by atoms with Gasteiger partial charge in [0.15, 0.2) is 0 Å². The molecule has 1 aromatic heterocycles. The molecule has 1 fully saturated rings. The Labute approximate surface area is 159 Å². The lowest BCUT2D eigenvalue weighted by molar-refractivity contribution is -0.140. The van der Waals surface area contributed by atoms with Crippen LogP contribution in [-0.2, 0) is 4.79 Å². The summed E-state index contributed by atoms with van der Waals surface area (Å²) in [6.07, 6.45) is 1.49. The maximum atomic E-state index is 12.5. The Bertz CT molecular complexity index is 810. The predicted molar refractivity (Wildman–Crippen MR) is 103 cm³/mol. The molecule has 0 atom stereocenters. The van der Waals surface area contributed by atoms with Gasteiger partial charge in [0.05, 0.1) is 0 Å². The highest BCUT2D eigenvalue weighted by Crippen LogP contribution is 2.22. The quantitative estimate of drug-likeness (QED) is 0.899. The predicted octanol–water partition coefficient (Wildman–Crippen LogP) is 3.42. The van der Waals surface area contributed by atoms with Gasteiger partial charge in [0.2, 0.25) is 11.7 Å². The van der Waals surface area contributed by atoms with Crippen LogP contribution in [0.2, 0.25) is 0 Å². The number of hydrogen-bond acceptors (Lipinski definition) is 4. The highest BCUT2D eigenvalue weighted by Gasteiger charge is 2.31. The van der Waals surface area contributed by atoms with Crippen LogP contribution in [0.4, 0.5) is 0 Å². The number of piperidine rings is 1. The highest BCUT2D eigenvalue weighted by molar-refractivity contribution is 5.92. The van der Waals surface area contributed by atoms with Crippen LogP contribution in [0.5, 0.6) is 0 Å². The fourth-order valence-electron chi connectivity index (χ4n) is 3.20. The third-order valence-corrected chi connectivity index (χ3v) is 4.84.